The maximum atomic E-state index is 13.6. The van der Waals surface area contributed by atoms with Crippen LogP contribution in [-0.4, -0.2) is 20.2 Å². The standard InChI is InChI=1S/C30H25N3O3S/c31-29(32)26-11-5-6-20(16-26)17-28(25-13-12-21-7-1-3-9-23(21)18-25)30(34)33-37(35,36)27-15-14-22-8-2-4-10-24(22)19-27/h1-16,18-19,28H,17H2,(H3,31,32)(H,33,34). The Kier molecular flexibility index (Phi) is 6.46. The molecular weight excluding hydrogens is 482 g/mol. The normalized spacial score (nSPS) is 12.3. The van der Waals surface area contributed by atoms with Crippen molar-refractivity contribution in [1.82, 2.24) is 4.72 Å². The lowest BCUT2D eigenvalue weighted by Gasteiger charge is -2.19. The first-order chi connectivity index (χ1) is 17.8. The zero-order chi connectivity index (χ0) is 26.0. The Morgan fingerprint density at radius 2 is 1.38 bits per heavy atom. The van der Waals surface area contributed by atoms with E-state index in [4.69, 9.17) is 11.1 Å². The smallest absolute Gasteiger partial charge is 0.264 e. The van der Waals surface area contributed by atoms with Gasteiger partial charge in [-0.05, 0) is 57.3 Å². The molecule has 0 spiro atoms. The highest BCUT2D eigenvalue weighted by Gasteiger charge is 2.27. The van der Waals surface area contributed by atoms with Gasteiger partial charge in [0.1, 0.15) is 5.84 Å². The number of amides is 1. The SMILES string of the molecule is N=C(N)c1cccc(CC(C(=O)NS(=O)(=O)c2ccc3ccccc3c2)c2ccc3ccccc3c2)c1. The summed E-state index contributed by atoms with van der Waals surface area (Å²) in [6.45, 7) is 0. The first-order valence-electron chi connectivity index (χ1n) is 11.8. The second kappa shape index (κ2) is 9.87. The van der Waals surface area contributed by atoms with E-state index in [0.29, 0.717) is 11.1 Å². The van der Waals surface area contributed by atoms with E-state index < -0.39 is 21.8 Å². The molecule has 1 atom stereocenters. The van der Waals surface area contributed by atoms with E-state index in [2.05, 4.69) is 4.72 Å². The highest BCUT2D eigenvalue weighted by Crippen LogP contribution is 2.27. The molecule has 6 nitrogen and oxygen atoms in total. The third-order valence-electron chi connectivity index (χ3n) is 6.44. The molecule has 0 heterocycles. The largest absolute Gasteiger partial charge is 0.384 e. The molecule has 5 aromatic carbocycles. The molecule has 7 heteroatoms. The van der Waals surface area contributed by atoms with E-state index in [-0.39, 0.29) is 17.2 Å². The third-order valence-corrected chi connectivity index (χ3v) is 7.78. The van der Waals surface area contributed by atoms with Crippen LogP contribution in [0.3, 0.4) is 0 Å². The fourth-order valence-corrected chi connectivity index (χ4v) is 5.54. The van der Waals surface area contributed by atoms with Crippen LogP contribution in [0.2, 0.25) is 0 Å². The Balaban J connectivity index is 1.51. The van der Waals surface area contributed by atoms with Gasteiger partial charge in [-0.3, -0.25) is 10.2 Å². The lowest BCUT2D eigenvalue weighted by Crippen LogP contribution is -2.35. The van der Waals surface area contributed by atoms with E-state index in [1.54, 1.807) is 30.3 Å². The van der Waals surface area contributed by atoms with Crippen molar-refractivity contribution >= 4 is 43.3 Å². The molecule has 0 saturated heterocycles. The van der Waals surface area contributed by atoms with Crippen LogP contribution in [0.15, 0.2) is 114 Å². The monoisotopic (exact) mass is 507 g/mol. The van der Waals surface area contributed by atoms with Crippen LogP contribution >= 0.6 is 0 Å². The van der Waals surface area contributed by atoms with E-state index in [1.165, 1.54) is 6.07 Å². The van der Waals surface area contributed by atoms with Crippen molar-refractivity contribution in [2.24, 2.45) is 5.73 Å². The number of carbonyl (C=O) groups is 1. The van der Waals surface area contributed by atoms with Crippen LogP contribution in [0.1, 0.15) is 22.6 Å². The molecule has 0 saturated carbocycles. The van der Waals surface area contributed by atoms with Crippen LogP contribution in [0.4, 0.5) is 0 Å². The maximum Gasteiger partial charge on any atom is 0.264 e. The molecule has 0 aliphatic heterocycles. The summed E-state index contributed by atoms with van der Waals surface area (Å²) in [4.78, 5) is 13.6. The van der Waals surface area contributed by atoms with Crippen LogP contribution < -0.4 is 10.5 Å². The number of nitrogen functional groups attached to an aromatic ring is 1. The van der Waals surface area contributed by atoms with Crippen LogP contribution in [0.25, 0.3) is 21.5 Å². The topological polar surface area (TPSA) is 113 Å². The van der Waals surface area contributed by atoms with Gasteiger partial charge in [-0.1, -0.05) is 91.0 Å². The minimum absolute atomic E-state index is 0.0235. The molecule has 5 rings (SSSR count). The zero-order valence-electron chi connectivity index (χ0n) is 19.9. The number of benzene rings is 5. The number of fused-ring (bicyclic) bond motifs is 2. The van der Waals surface area contributed by atoms with Crippen LogP contribution in [-0.2, 0) is 21.2 Å². The number of carbonyl (C=O) groups excluding carboxylic acids is 1. The fourth-order valence-electron chi connectivity index (χ4n) is 4.49. The van der Waals surface area contributed by atoms with Gasteiger partial charge in [0.2, 0.25) is 5.91 Å². The molecule has 4 N–H and O–H groups in total. The van der Waals surface area contributed by atoms with Crippen molar-refractivity contribution in [2.75, 3.05) is 0 Å². The first kappa shape index (κ1) is 24.2. The minimum atomic E-state index is -4.11. The number of nitrogens with two attached hydrogens (primary N) is 1. The Morgan fingerprint density at radius 3 is 2.05 bits per heavy atom. The summed E-state index contributed by atoms with van der Waals surface area (Å²) >= 11 is 0. The zero-order valence-corrected chi connectivity index (χ0v) is 20.7. The van der Waals surface area contributed by atoms with Gasteiger partial charge in [-0.15, -0.1) is 0 Å². The van der Waals surface area contributed by atoms with Crippen molar-refractivity contribution < 1.29 is 13.2 Å². The van der Waals surface area contributed by atoms with Crippen molar-refractivity contribution in [3.8, 4) is 0 Å². The van der Waals surface area contributed by atoms with Gasteiger partial charge in [0.25, 0.3) is 10.0 Å². The molecule has 0 aliphatic carbocycles. The Hall–Kier alpha value is -4.49. The number of hydrogen-bond acceptors (Lipinski definition) is 4. The number of amidine groups is 1. The highest BCUT2D eigenvalue weighted by atomic mass is 32.2. The van der Waals surface area contributed by atoms with Gasteiger partial charge in [0, 0.05) is 5.56 Å². The Morgan fingerprint density at radius 1 is 0.757 bits per heavy atom. The summed E-state index contributed by atoms with van der Waals surface area (Å²) in [5, 5.41) is 11.4. The van der Waals surface area contributed by atoms with Crippen molar-refractivity contribution in [3.63, 3.8) is 0 Å². The summed E-state index contributed by atoms with van der Waals surface area (Å²) in [5.74, 6) is -1.49. The molecule has 184 valence electrons. The van der Waals surface area contributed by atoms with Gasteiger partial charge in [0.15, 0.2) is 0 Å². The lowest BCUT2D eigenvalue weighted by atomic mass is 9.89. The molecule has 0 radical (unpaired) electrons. The first-order valence-corrected chi connectivity index (χ1v) is 13.3. The summed E-state index contributed by atoms with van der Waals surface area (Å²) in [5.41, 5.74) is 7.66. The Bertz CT molecular complexity index is 1760. The van der Waals surface area contributed by atoms with Crippen LogP contribution in [0, 0.1) is 5.41 Å². The Labute approximate surface area is 215 Å². The van der Waals surface area contributed by atoms with E-state index in [0.717, 1.165) is 27.1 Å². The number of rotatable bonds is 7. The molecule has 0 bridgehead atoms. The molecule has 0 aliphatic rings. The third kappa shape index (κ3) is 5.22. The van der Waals surface area contributed by atoms with Crippen molar-refractivity contribution in [3.05, 3.63) is 126 Å². The number of nitrogens with one attached hydrogen (secondary N) is 2. The van der Waals surface area contributed by atoms with Gasteiger partial charge in [-0.25, -0.2) is 13.1 Å². The predicted molar refractivity (Wildman–Crippen MR) is 147 cm³/mol. The van der Waals surface area contributed by atoms with Gasteiger partial charge in [-0.2, -0.15) is 0 Å². The van der Waals surface area contributed by atoms with Crippen LogP contribution in [0.5, 0.6) is 0 Å². The average Bonchev–Trinajstić information content (AvgIpc) is 2.91. The highest BCUT2D eigenvalue weighted by molar-refractivity contribution is 7.90. The van der Waals surface area contributed by atoms with E-state index in [9.17, 15) is 13.2 Å². The second-order valence-corrected chi connectivity index (χ2v) is 10.6. The molecule has 5 aromatic rings. The maximum absolute atomic E-state index is 13.6. The molecular formula is C30H25N3O3S. The molecule has 0 fully saturated rings. The van der Waals surface area contributed by atoms with Gasteiger partial charge < -0.3 is 5.73 Å². The molecule has 1 amide bonds. The summed E-state index contributed by atoms with van der Waals surface area (Å²) in [6, 6.07) is 32.8. The van der Waals surface area contributed by atoms with Gasteiger partial charge >= 0.3 is 0 Å². The quantitative estimate of drug-likeness (QED) is 0.210. The number of hydrogen-bond donors (Lipinski definition) is 3. The van der Waals surface area contributed by atoms with Gasteiger partial charge in [0.05, 0.1) is 10.8 Å². The van der Waals surface area contributed by atoms with Crippen molar-refractivity contribution in [2.45, 2.75) is 17.2 Å². The number of sulfonamides is 1. The summed E-state index contributed by atoms with van der Waals surface area (Å²) < 4.78 is 28.8. The summed E-state index contributed by atoms with van der Waals surface area (Å²) in [7, 11) is -4.11. The average molecular weight is 508 g/mol. The summed E-state index contributed by atoms with van der Waals surface area (Å²) in [6.07, 6.45) is 0.235. The second-order valence-electron chi connectivity index (χ2n) is 8.96. The van der Waals surface area contributed by atoms with E-state index in [1.807, 2.05) is 72.8 Å². The predicted octanol–water partition coefficient (Wildman–Crippen LogP) is 5.11. The lowest BCUT2D eigenvalue weighted by molar-refractivity contribution is -0.120. The van der Waals surface area contributed by atoms with E-state index >= 15 is 0 Å². The molecule has 0 aromatic heterocycles. The van der Waals surface area contributed by atoms with Crippen molar-refractivity contribution in [1.29, 1.82) is 5.41 Å². The minimum Gasteiger partial charge on any atom is -0.384 e. The molecule has 37 heavy (non-hydrogen) atoms. The fraction of sp³-hybridized carbons (Fsp3) is 0.0667. The molecule has 1 unspecified atom stereocenters.